The second kappa shape index (κ2) is 3.05. The number of pyridine rings is 1. The Hall–Kier alpha value is -1.90. The summed E-state index contributed by atoms with van der Waals surface area (Å²) in [5.74, 6) is 0. The zero-order chi connectivity index (χ0) is 10.3. The molecule has 0 fully saturated rings. The molecule has 1 aliphatic heterocycles. The zero-order valence-corrected chi connectivity index (χ0v) is 8.02. The van der Waals surface area contributed by atoms with Crippen molar-refractivity contribution in [1.82, 2.24) is 10.1 Å². The van der Waals surface area contributed by atoms with Gasteiger partial charge in [0.15, 0.2) is 0 Å². The van der Waals surface area contributed by atoms with Crippen LogP contribution in [0.2, 0.25) is 0 Å². The number of aromatic nitrogens is 1. The molecule has 0 spiro atoms. The van der Waals surface area contributed by atoms with Gasteiger partial charge in [0.05, 0.1) is 12.1 Å². The monoisotopic (exact) mass is 200 g/mol. The van der Waals surface area contributed by atoms with Gasteiger partial charge < -0.3 is 0 Å². The fourth-order valence-electron chi connectivity index (χ4n) is 1.93. The van der Waals surface area contributed by atoms with E-state index in [4.69, 9.17) is 0 Å². The van der Waals surface area contributed by atoms with Crippen LogP contribution < -0.4 is 0 Å². The van der Waals surface area contributed by atoms with Crippen molar-refractivity contribution in [2.45, 2.75) is 6.54 Å². The lowest BCUT2D eigenvalue weighted by molar-refractivity contribution is 0.0799. The molecule has 3 rings (SSSR count). The van der Waals surface area contributed by atoms with E-state index in [-0.39, 0.29) is 0 Å². The standard InChI is InChI=1S/C12H9FN2/c13-15-7-5-9-3-4-12-10(11(9)8-15)2-1-6-14-12/h1-7H,8H2. The summed E-state index contributed by atoms with van der Waals surface area (Å²) in [5, 5.41) is 1.72. The van der Waals surface area contributed by atoms with Gasteiger partial charge in [0.2, 0.25) is 0 Å². The largest absolute Gasteiger partial charge is 0.256 e. The number of fused-ring (bicyclic) bond motifs is 3. The minimum absolute atomic E-state index is 0.300. The highest BCUT2D eigenvalue weighted by atomic mass is 19.2. The highest BCUT2D eigenvalue weighted by Crippen LogP contribution is 2.26. The van der Waals surface area contributed by atoms with Crippen LogP contribution in [0.4, 0.5) is 4.48 Å². The summed E-state index contributed by atoms with van der Waals surface area (Å²) in [6, 6.07) is 7.80. The molecular formula is C12H9FN2. The first kappa shape index (κ1) is 8.41. The van der Waals surface area contributed by atoms with E-state index in [9.17, 15) is 4.48 Å². The molecule has 1 aromatic carbocycles. The van der Waals surface area contributed by atoms with Gasteiger partial charge in [-0.3, -0.25) is 4.98 Å². The van der Waals surface area contributed by atoms with E-state index >= 15 is 0 Å². The van der Waals surface area contributed by atoms with E-state index in [2.05, 4.69) is 4.98 Å². The van der Waals surface area contributed by atoms with E-state index in [0.29, 0.717) is 11.7 Å². The molecule has 0 amide bonds. The quantitative estimate of drug-likeness (QED) is 0.608. The second-order valence-electron chi connectivity index (χ2n) is 3.58. The van der Waals surface area contributed by atoms with Gasteiger partial charge in [-0.25, -0.2) is 5.12 Å². The highest BCUT2D eigenvalue weighted by molar-refractivity contribution is 5.86. The van der Waals surface area contributed by atoms with Crippen molar-refractivity contribution < 1.29 is 4.48 Å². The zero-order valence-electron chi connectivity index (χ0n) is 8.02. The van der Waals surface area contributed by atoms with E-state index < -0.39 is 0 Å². The van der Waals surface area contributed by atoms with Crippen molar-refractivity contribution in [1.29, 1.82) is 0 Å². The van der Waals surface area contributed by atoms with Crippen molar-refractivity contribution in [2.24, 2.45) is 0 Å². The maximum atomic E-state index is 13.1. The summed E-state index contributed by atoms with van der Waals surface area (Å²) in [4.78, 5) is 4.25. The van der Waals surface area contributed by atoms with Crippen molar-refractivity contribution >= 4 is 17.0 Å². The van der Waals surface area contributed by atoms with E-state index in [1.54, 1.807) is 12.3 Å². The lowest BCUT2D eigenvalue weighted by Gasteiger charge is -2.18. The molecule has 1 aliphatic rings. The number of benzene rings is 1. The summed E-state index contributed by atoms with van der Waals surface area (Å²) in [6.45, 7) is 0.300. The Kier molecular flexibility index (Phi) is 1.71. The smallest absolute Gasteiger partial charge is 0.0761 e. The molecule has 0 atom stereocenters. The second-order valence-corrected chi connectivity index (χ2v) is 3.58. The molecule has 0 radical (unpaired) electrons. The number of hydrogen-bond donors (Lipinski definition) is 0. The van der Waals surface area contributed by atoms with Gasteiger partial charge in [0.25, 0.3) is 0 Å². The Labute approximate surface area is 86.6 Å². The van der Waals surface area contributed by atoms with Crippen molar-refractivity contribution in [3.8, 4) is 0 Å². The molecule has 0 aliphatic carbocycles. The van der Waals surface area contributed by atoms with Gasteiger partial charge in [0.1, 0.15) is 0 Å². The molecule has 0 saturated carbocycles. The third-order valence-corrected chi connectivity index (χ3v) is 2.66. The van der Waals surface area contributed by atoms with Crippen LogP contribution in [-0.2, 0) is 6.54 Å². The summed E-state index contributed by atoms with van der Waals surface area (Å²) in [7, 11) is 0. The topological polar surface area (TPSA) is 16.1 Å². The molecule has 2 nitrogen and oxygen atoms in total. The lowest BCUT2D eigenvalue weighted by Crippen LogP contribution is -2.10. The molecule has 15 heavy (non-hydrogen) atoms. The van der Waals surface area contributed by atoms with Gasteiger partial charge in [0, 0.05) is 17.8 Å². The van der Waals surface area contributed by atoms with Crippen LogP contribution in [0, 0.1) is 0 Å². The van der Waals surface area contributed by atoms with E-state index in [1.807, 2.05) is 24.3 Å². The minimum Gasteiger partial charge on any atom is -0.256 e. The Balaban J connectivity index is 2.34. The Morgan fingerprint density at radius 2 is 2.20 bits per heavy atom. The molecule has 0 unspecified atom stereocenters. The van der Waals surface area contributed by atoms with Crippen molar-refractivity contribution in [3.63, 3.8) is 0 Å². The third kappa shape index (κ3) is 1.28. The van der Waals surface area contributed by atoms with Crippen LogP contribution in [0.15, 0.2) is 36.7 Å². The molecular weight excluding hydrogens is 191 g/mol. The molecule has 0 N–H and O–H groups in total. The number of hydrogen-bond acceptors (Lipinski definition) is 2. The third-order valence-electron chi connectivity index (χ3n) is 2.66. The van der Waals surface area contributed by atoms with Crippen LogP contribution in [0.5, 0.6) is 0 Å². The van der Waals surface area contributed by atoms with Crippen LogP contribution in [0.3, 0.4) is 0 Å². The first-order chi connectivity index (χ1) is 7.34. The predicted molar refractivity (Wildman–Crippen MR) is 57.4 cm³/mol. The fourth-order valence-corrected chi connectivity index (χ4v) is 1.93. The van der Waals surface area contributed by atoms with Crippen LogP contribution in [0.25, 0.3) is 17.0 Å². The SMILES string of the molecule is FN1C=Cc2ccc3ncccc3c2C1. The summed E-state index contributed by atoms with van der Waals surface area (Å²) in [5.41, 5.74) is 3.00. The summed E-state index contributed by atoms with van der Waals surface area (Å²) >= 11 is 0. The number of halogens is 1. The average Bonchev–Trinajstić information content (AvgIpc) is 2.29. The fraction of sp³-hybridized carbons (Fsp3) is 0.0833. The first-order valence-electron chi connectivity index (χ1n) is 4.82. The van der Waals surface area contributed by atoms with Crippen LogP contribution >= 0.6 is 0 Å². The van der Waals surface area contributed by atoms with E-state index in [1.165, 1.54) is 6.20 Å². The van der Waals surface area contributed by atoms with Crippen molar-refractivity contribution in [2.75, 3.05) is 0 Å². The normalized spacial score (nSPS) is 14.3. The summed E-state index contributed by atoms with van der Waals surface area (Å²) in [6.07, 6.45) is 4.98. The molecule has 0 bridgehead atoms. The Morgan fingerprint density at radius 1 is 1.27 bits per heavy atom. The van der Waals surface area contributed by atoms with E-state index in [0.717, 1.165) is 22.0 Å². The maximum absolute atomic E-state index is 13.1. The number of nitrogens with zero attached hydrogens (tertiary/aromatic N) is 2. The molecule has 3 heteroatoms. The van der Waals surface area contributed by atoms with Gasteiger partial charge in [-0.05, 0) is 29.3 Å². The predicted octanol–water partition coefficient (Wildman–Crippen LogP) is 2.91. The van der Waals surface area contributed by atoms with Crippen LogP contribution in [-0.4, -0.2) is 10.1 Å². The molecule has 0 saturated heterocycles. The van der Waals surface area contributed by atoms with Gasteiger partial charge in [-0.1, -0.05) is 12.1 Å². The lowest BCUT2D eigenvalue weighted by atomic mass is 10.00. The number of rotatable bonds is 0. The first-order valence-corrected chi connectivity index (χ1v) is 4.82. The Morgan fingerprint density at radius 3 is 3.13 bits per heavy atom. The minimum atomic E-state index is 0.300. The van der Waals surface area contributed by atoms with Gasteiger partial charge in [-0.15, -0.1) is 4.48 Å². The summed E-state index contributed by atoms with van der Waals surface area (Å²) < 4.78 is 13.1. The average molecular weight is 200 g/mol. The van der Waals surface area contributed by atoms with Crippen molar-refractivity contribution in [3.05, 3.63) is 47.8 Å². The highest BCUT2D eigenvalue weighted by Gasteiger charge is 2.12. The molecule has 74 valence electrons. The van der Waals surface area contributed by atoms with Gasteiger partial charge >= 0.3 is 0 Å². The van der Waals surface area contributed by atoms with Gasteiger partial charge in [-0.2, -0.15) is 0 Å². The maximum Gasteiger partial charge on any atom is 0.0761 e. The molecule has 2 heterocycles. The molecule has 2 aromatic rings. The van der Waals surface area contributed by atoms with Crippen LogP contribution in [0.1, 0.15) is 11.1 Å². The Bertz CT molecular complexity index is 548. The molecule has 1 aromatic heterocycles.